The summed E-state index contributed by atoms with van der Waals surface area (Å²) in [5.41, 5.74) is 1.71. The summed E-state index contributed by atoms with van der Waals surface area (Å²) in [5, 5.41) is 20.3. The highest BCUT2D eigenvalue weighted by molar-refractivity contribution is 6.58. The fraction of sp³-hybridized carbons (Fsp3) is 0.125. The number of cyclic esters (lactones) is 1. The fourth-order valence-corrected chi connectivity index (χ4v) is 1.29. The summed E-state index contributed by atoms with van der Waals surface area (Å²) < 4.78 is 4.73. The second kappa shape index (κ2) is 3.32. The molecule has 1 aromatic carbocycles. The molecule has 6 heteroatoms. The smallest absolute Gasteiger partial charge is 0.444 e. The van der Waals surface area contributed by atoms with Crippen LogP contribution in [0.3, 0.4) is 0 Å². The minimum absolute atomic E-state index is 0.211. The van der Waals surface area contributed by atoms with Gasteiger partial charge in [-0.25, -0.2) is 4.79 Å². The Bertz CT molecular complexity index is 380. The van der Waals surface area contributed by atoms with Gasteiger partial charge in [-0.3, -0.25) is 5.32 Å². The molecule has 0 saturated carbocycles. The van der Waals surface area contributed by atoms with E-state index in [1.165, 1.54) is 6.07 Å². The minimum atomic E-state index is -1.53. The molecule has 0 radical (unpaired) electrons. The third-order valence-corrected chi connectivity index (χ3v) is 2.03. The maximum atomic E-state index is 10.8. The van der Waals surface area contributed by atoms with E-state index < -0.39 is 13.2 Å². The van der Waals surface area contributed by atoms with Crippen LogP contribution < -0.4 is 10.8 Å². The molecule has 0 aliphatic carbocycles. The zero-order valence-corrected chi connectivity index (χ0v) is 7.23. The fourth-order valence-electron chi connectivity index (χ4n) is 1.29. The van der Waals surface area contributed by atoms with Crippen LogP contribution in [0.2, 0.25) is 0 Å². The Morgan fingerprint density at radius 2 is 2.21 bits per heavy atom. The molecule has 0 bridgehead atoms. The van der Waals surface area contributed by atoms with Gasteiger partial charge in [0.1, 0.15) is 6.61 Å². The lowest BCUT2D eigenvalue weighted by Gasteiger charge is -2.17. The molecule has 5 nitrogen and oxygen atoms in total. The van der Waals surface area contributed by atoms with Crippen molar-refractivity contribution >= 4 is 24.4 Å². The number of fused-ring (bicyclic) bond motifs is 1. The van der Waals surface area contributed by atoms with Gasteiger partial charge < -0.3 is 14.8 Å². The normalized spacial score (nSPS) is 14.0. The first-order chi connectivity index (χ1) is 6.66. The molecule has 2 rings (SSSR count). The van der Waals surface area contributed by atoms with Crippen LogP contribution in [0.5, 0.6) is 0 Å². The highest BCUT2D eigenvalue weighted by Crippen LogP contribution is 2.19. The molecular weight excluding hydrogens is 185 g/mol. The molecule has 0 aromatic heterocycles. The van der Waals surface area contributed by atoms with Gasteiger partial charge >= 0.3 is 13.2 Å². The van der Waals surface area contributed by atoms with Crippen molar-refractivity contribution < 1.29 is 19.6 Å². The third kappa shape index (κ3) is 1.57. The first kappa shape index (κ1) is 9.05. The van der Waals surface area contributed by atoms with Gasteiger partial charge in [-0.15, -0.1) is 0 Å². The predicted octanol–water partition coefficient (Wildman–Crippen LogP) is -0.572. The van der Waals surface area contributed by atoms with Gasteiger partial charge in [0.15, 0.2) is 0 Å². The number of nitrogens with one attached hydrogen (secondary N) is 1. The molecular formula is C8H8BNO4. The Hall–Kier alpha value is -1.53. The lowest BCUT2D eigenvalue weighted by molar-refractivity contribution is 0.151. The van der Waals surface area contributed by atoms with Crippen molar-refractivity contribution in [2.45, 2.75) is 6.61 Å². The number of carbonyl (C=O) groups is 1. The van der Waals surface area contributed by atoms with Gasteiger partial charge in [-0.2, -0.15) is 0 Å². The maximum absolute atomic E-state index is 10.8. The highest BCUT2D eigenvalue weighted by Gasteiger charge is 2.18. The first-order valence-corrected chi connectivity index (χ1v) is 4.09. The summed E-state index contributed by atoms with van der Waals surface area (Å²) >= 11 is 0. The standard InChI is InChI=1S/C8H8BNO4/c11-8-10-7-3-6(9(12)13)2-1-5(7)4-14-8/h1-3,12-13H,4H2,(H,10,11). The van der Waals surface area contributed by atoms with Crippen LogP contribution in [0.15, 0.2) is 18.2 Å². The number of hydrogen-bond donors (Lipinski definition) is 3. The Kier molecular flexibility index (Phi) is 2.15. The summed E-state index contributed by atoms with van der Waals surface area (Å²) in [6, 6.07) is 4.77. The van der Waals surface area contributed by atoms with Crippen molar-refractivity contribution in [2.75, 3.05) is 5.32 Å². The predicted molar refractivity (Wildman–Crippen MR) is 50.1 cm³/mol. The molecule has 0 fully saturated rings. The molecule has 1 aliphatic heterocycles. The Morgan fingerprint density at radius 1 is 1.43 bits per heavy atom. The zero-order chi connectivity index (χ0) is 10.1. The van der Waals surface area contributed by atoms with E-state index in [4.69, 9.17) is 14.8 Å². The largest absolute Gasteiger partial charge is 0.488 e. The summed E-state index contributed by atoms with van der Waals surface area (Å²) in [6.45, 7) is 0.211. The van der Waals surface area contributed by atoms with E-state index in [9.17, 15) is 4.79 Å². The van der Waals surface area contributed by atoms with Crippen molar-refractivity contribution in [3.63, 3.8) is 0 Å². The molecule has 1 heterocycles. The summed E-state index contributed by atoms with van der Waals surface area (Å²) in [6.07, 6.45) is -0.526. The average Bonchev–Trinajstić information content (AvgIpc) is 2.16. The highest BCUT2D eigenvalue weighted by atomic mass is 16.5. The monoisotopic (exact) mass is 193 g/mol. The van der Waals surface area contributed by atoms with Crippen molar-refractivity contribution in [3.05, 3.63) is 23.8 Å². The van der Waals surface area contributed by atoms with Crippen molar-refractivity contribution in [1.82, 2.24) is 0 Å². The topological polar surface area (TPSA) is 78.8 Å². The van der Waals surface area contributed by atoms with Crippen LogP contribution in [-0.2, 0) is 11.3 Å². The van der Waals surface area contributed by atoms with Crippen molar-refractivity contribution in [2.24, 2.45) is 0 Å². The van der Waals surface area contributed by atoms with E-state index in [0.29, 0.717) is 11.2 Å². The molecule has 0 unspecified atom stereocenters. The molecule has 1 amide bonds. The lowest BCUT2D eigenvalue weighted by atomic mass is 9.79. The lowest BCUT2D eigenvalue weighted by Crippen LogP contribution is -2.31. The SMILES string of the molecule is O=C1Nc2cc(B(O)O)ccc2CO1. The Balaban J connectivity index is 2.37. The number of benzene rings is 1. The molecule has 0 atom stereocenters. The van der Waals surface area contributed by atoms with Crippen LogP contribution in [0, 0.1) is 0 Å². The zero-order valence-electron chi connectivity index (χ0n) is 7.23. The number of anilines is 1. The first-order valence-electron chi connectivity index (χ1n) is 4.09. The van der Waals surface area contributed by atoms with Crippen LogP contribution in [0.1, 0.15) is 5.56 Å². The van der Waals surface area contributed by atoms with Crippen LogP contribution >= 0.6 is 0 Å². The summed E-state index contributed by atoms with van der Waals surface area (Å²) in [4.78, 5) is 10.8. The number of amides is 1. The van der Waals surface area contributed by atoms with Gasteiger partial charge in [0, 0.05) is 5.56 Å². The van der Waals surface area contributed by atoms with E-state index in [-0.39, 0.29) is 6.61 Å². The van der Waals surface area contributed by atoms with Gasteiger partial charge in [-0.1, -0.05) is 12.1 Å². The van der Waals surface area contributed by atoms with Crippen LogP contribution in [0.4, 0.5) is 10.5 Å². The summed E-state index contributed by atoms with van der Waals surface area (Å²) in [5.74, 6) is 0. The van der Waals surface area contributed by atoms with E-state index in [1.807, 2.05) is 0 Å². The molecule has 14 heavy (non-hydrogen) atoms. The molecule has 0 spiro atoms. The van der Waals surface area contributed by atoms with E-state index in [0.717, 1.165) is 5.56 Å². The third-order valence-electron chi connectivity index (χ3n) is 2.03. The van der Waals surface area contributed by atoms with Gasteiger partial charge in [-0.05, 0) is 11.5 Å². The summed E-state index contributed by atoms with van der Waals surface area (Å²) in [7, 11) is -1.53. The second-order valence-electron chi connectivity index (χ2n) is 2.99. The van der Waals surface area contributed by atoms with E-state index in [2.05, 4.69) is 5.32 Å². The Labute approximate surface area is 80.5 Å². The molecule has 1 aromatic rings. The Morgan fingerprint density at radius 3 is 2.93 bits per heavy atom. The van der Waals surface area contributed by atoms with Crippen molar-refractivity contribution in [1.29, 1.82) is 0 Å². The van der Waals surface area contributed by atoms with Crippen LogP contribution in [-0.4, -0.2) is 23.3 Å². The van der Waals surface area contributed by atoms with Gasteiger partial charge in [0.25, 0.3) is 0 Å². The van der Waals surface area contributed by atoms with E-state index >= 15 is 0 Å². The number of rotatable bonds is 1. The average molecular weight is 193 g/mol. The number of carbonyl (C=O) groups excluding carboxylic acids is 1. The number of ether oxygens (including phenoxy) is 1. The quantitative estimate of drug-likeness (QED) is 0.521. The van der Waals surface area contributed by atoms with Gasteiger partial charge in [0.2, 0.25) is 0 Å². The van der Waals surface area contributed by atoms with Crippen molar-refractivity contribution in [3.8, 4) is 0 Å². The minimum Gasteiger partial charge on any atom is -0.444 e. The molecule has 0 saturated heterocycles. The molecule has 3 N–H and O–H groups in total. The number of hydrogen-bond acceptors (Lipinski definition) is 4. The maximum Gasteiger partial charge on any atom is 0.488 e. The van der Waals surface area contributed by atoms with E-state index in [1.54, 1.807) is 12.1 Å². The van der Waals surface area contributed by atoms with Gasteiger partial charge in [0.05, 0.1) is 5.69 Å². The molecule has 1 aliphatic rings. The van der Waals surface area contributed by atoms with Crippen LogP contribution in [0.25, 0.3) is 0 Å². The molecule has 72 valence electrons. The second-order valence-corrected chi connectivity index (χ2v) is 2.99.